The topological polar surface area (TPSA) is 94.6 Å². The number of nitriles is 1. The molecule has 6 heteroatoms. The van der Waals surface area contributed by atoms with E-state index >= 15 is 0 Å². The Hall–Kier alpha value is -3.46. The molecule has 0 fully saturated rings. The van der Waals surface area contributed by atoms with Gasteiger partial charge in [-0.2, -0.15) is 5.26 Å². The highest BCUT2D eigenvalue weighted by molar-refractivity contribution is 6.02. The Labute approximate surface area is 175 Å². The minimum atomic E-state index is -0.659. The van der Waals surface area contributed by atoms with Crippen molar-refractivity contribution in [2.24, 2.45) is 11.1 Å². The third-order valence-corrected chi connectivity index (χ3v) is 5.81. The fourth-order valence-electron chi connectivity index (χ4n) is 4.48. The zero-order valence-electron chi connectivity index (χ0n) is 17.5. The average Bonchev–Trinajstić information content (AvgIpc) is 2.70. The van der Waals surface area contributed by atoms with Crippen molar-refractivity contribution in [1.82, 2.24) is 0 Å². The van der Waals surface area contributed by atoms with Gasteiger partial charge in [-0.05, 0) is 34.4 Å². The van der Waals surface area contributed by atoms with E-state index in [0.29, 0.717) is 35.7 Å². The number of Topliss-reactive ketones (excluding diaryl/α,β-unsaturated/α-hetero) is 1. The molecule has 0 radical (unpaired) electrons. The summed E-state index contributed by atoms with van der Waals surface area (Å²) in [6, 6.07) is 11.7. The SMILES string of the molecule is COc1ccc2ccc(OC)c(C3C(C#N)=C(N)OC4=C3C(=O)CC(C)(C)C4)c2c1. The van der Waals surface area contributed by atoms with E-state index in [0.717, 1.165) is 16.3 Å². The van der Waals surface area contributed by atoms with Gasteiger partial charge in [0.2, 0.25) is 5.88 Å². The lowest BCUT2D eigenvalue weighted by Gasteiger charge is -2.37. The van der Waals surface area contributed by atoms with Gasteiger partial charge >= 0.3 is 0 Å². The Kier molecular flexibility index (Phi) is 4.70. The normalized spacial score (nSPS) is 20.5. The first-order valence-corrected chi connectivity index (χ1v) is 9.78. The highest BCUT2D eigenvalue weighted by Gasteiger charge is 2.44. The molecule has 30 heavy (non-hydrogen) atoms. The summed E-state index contributed by atoms with van der Waals surface area (Å²) in [6.07, 6.45) is 0.946. The van der Waals surface area contributed by atoms with Crippen molar-refractivity contribution in [3.8, 4) is 17.6 Å². The molecular formula is C24H24N2O4. The van der Waals surface area contributed by atoms with Crippen molar-refractivity contribution >= 4 is 16.6 Å². The lowest BCUT2D eigenvalue weighted by atomic mass is 9.69. The molecule has 0 spiro atoms. The number of fused-ring (bicyclic) bond motifs is 1. The van der Waals surface area contributed by atoms with Crippen molar-refractivity contribution in [3.05, 3.63) is 58.7 Å². The van der Waals surface area contributed by atoms with Crippen LogP contribution in [0, 0.1) is 16.7 Å². The smallest absolute Gasteiger partial charge is 0.205 e. The first-order valence-electron chi connectivity index (χ1n) is 9.78. The van der Waals surface area contributed by atoms with Gasteiger partial charge in [-0.3, -0.25) is 4.79 Å². The van der Waals surface area contributed by atoms with Crippen LogP contribution in [0.25, 0.3) is 10.8 Å². The summed E-state index contributed by atoms with van der Waals surface area (Å²) in [5, 5.41) is 11.7. The number of nitrogens with two attached hydrogens (primary N) is 1. The maximum absolute atomic E-state index is 13.3. The second-order valence-electron chi connectivity index (χ2n) is 8.47. The summed E-state index contributed by atoms with van der Waals surface area (Å²) in [7, 11) is 3.17. The standard InChI is InChI=1S/C24H24N2O4/c1-24(2)10-17(27)22-19(11-24)30-23(26)16(12-25)21(22)20-15-9-14(28-3)7-5-13(15)6-8-18(20)29-4/h5-9,21H,10-11,26H2,1-4H3. The first-order chi connectivity index (χ1) is 14.3. The molecule has 2 aromatic carbocycles. The number of nitrogens with zero attached hydrogens (tertiary/aromatic N) is 1. The van der Waals surface area contributed by atoms with Gasteiger partial charge in [-0.15, -0.1) is 0 Å². The summed E-state index contributed by atoms with van der Waals surface area (Å²) >= 11 is 0. The molecule has 0 bridgehead atoms. The molecule has 0 saturated carbocycles. The average molecular weight is 404 g/mol. The summed E-state index contributed by atoms with van der Waals surface area (Å²) in [6.45, 7) is 4.05. The maximum Gasteiger partial charge on any atom is 0.205 e. The minimum absolute atomic E-state index is 0.0338. The Bertz CT molecular complexity index is 1160. The van der Waals surface area contributed by atoms with Crippen LogP contribution in [-0.4, -0.2) is 20.0 Å². The molecule has 154 valence electrons. The van der Waals surface area contributed by atoms with Gasteiger partial charge in [-0.25, -0.2) is 0 Å². The van der Waals surface area contributed by atoms with Crippen molar-refractivity contribution in [2.75, 3.05) is 14.2 Å². The lowest BCUT2D eigenvalue weighted by molar-refractivity contribution is -0.119. The van der Waals surface area contributed by atoms with Crippen LogP contribution in [0.5, 0.6) is 11.5 Å². The van der Waals surface area contributed by atoms with Crippen LogP contribution in [0.15, 0.2) is 53.1 Å². The zero-order chi connectivity index (χ0) is 21.6. The highest BCUT2D eigenvalue weighted by atomic mass is 16.5. The van der Waals surface area contributed by atoms with Crippen LogP contribution in [0.1, 0.15) is 38.2 Å². The molecule has 1 atom stereocenters. The number of carbonyl (C=O) groups excluding carboxylic acids is 1. The van der Waals surface area contributed by atoms with E-state index in [1.807, 2.05) is 44.2 Å². The molecule has 1 heterocycles. The monoisotopic (exact) mass is 404 g/mol. The second-order valence-corrected chi connectivity index (χ2v) is 8.47. The Morgan fingerprint density at radius 3 is 2.57 bits per heavy atom. The fourth-order valence-corrected chi connectivity index (χ4v) is 4.48. The molecular weight excluding hydrogens is 380 g/mol. The van der Waals surface area contributed by atoms with Gasteiger partial charge in [0.1, 0.15) is 28.9 Å². The Morgan fingerprint density at radius 2 is 1.90 bits per heavy atom. The minimum Gasteiger partial charge on any atom is -0.497 e. The van der Waals surface area contributed by atoms with Crippen LogP contribution in [-0.2, 0) is 9.53 Å². The van der Waals surface area contributed by atoms with Crippen molar-refractivity contribution < 1.29 is 19.0 Å². The first kappa shape index (κ1) is 19.8. The van der Waals surface area contributed by atoms with E-state index in [9.17, 15) is 10.1 Å². The van der Waals surface area contributed by atoms with Crippen molar-refractivity contribution in [1.29, 1.82) is 5.26 Å². The molecule has 1 unspecified atom stereocenters. The molecule has 2 aliphatic rings. The number of ether oxygens (including phenoxy) is 3. The number of methoxy groups -OCH3 is 2. The summed E-state index contributed by atoms with van der Waals surface area (Å²) in [4.78, 5) is 13.3. The molecule has 6 nitrogen and oxygen atoms in total. The number of allylic oxidation sites excluding steroid dienone is 3. The number of hydrogen-bond acceptors (Lipinski definition) is 6. The maximum atomic E-state index is 13.3. The van der Waals surface area contributed by atoms with E-state index in [1.54, 1.807) is 14.2 Å². The summed E-state index contributed by atoms with van der Waals surface area (Å²) in [5.74, 6) is 1.13. The van der Waals surface area contributed by atoms with E-state index in [4.69, 9.17) is 19.9 Å². The molecule has 4 rings (SSSR count). The lowest BCUT2D eigenvalue weighted by Crippen LogP contribution is -2.33. The molecule has 2 N–H and O–H groups in total. The van der Waals surface area contributed by atoms with E-state index in [1.165, 1.54) is 0 Å². The molecule has 2 aromatic rings. The summed E-state index contributed by atoms with van der Waals surface area (Å²) < 4.78 is 16.9. The number of carbonyl (C=O) groups is 1. The highest BCUT2D eigenvalue weighted by Crippen LogP contribution is 2.51. The largest absolute Gasteiger partial charge is 0.497 e. The van der Waals surface area contributed by atoms with Gasteiger partial charge in [0.15, 0.2) is 5.78 Å². The van der Waals surface area contributed by atoms with Crippen LogP contribution < -0.4 is 15.2 Å². The van der Waals surface area contributed by atoms with Gasteiger partial charge in [0.25, 0.3) is 0 Å². The van der Waals surface area contributed by atoms with Crippen molar-refractivity contribution in [3.63, 3.8) is 0 Å². The van der Waals surface area contributed by atoms with Crippen LogP contribution >= 0.6 is 0 Å². The number of hydrogen-bond donors (Lipinski definition) is 1. The summed E-state index contributed by atoms with van der Waals surface area (Å²) in [5.41, 5.74) is 7.37. The molecule has 0 amide bonds. The molecule has 0 saturated heterocycles. The van der Waals surface area contributed by atoms with Gasteiger partial charge in [0.05, 0.1) is 20.1 Å². The molecule has 1 aliphatic carbocycles. The predicted molar refractivity (Wildman–Crippen MR) is 113 cm³/mol. The number of ketones is 1. The quantitative estimate of drug-likeness (QED) is 0.819. The van der Waals surface area contributed by atoms with E-state index in [2.05, 4.69) is 6.07 Å². The number of benzene rings is 2. The Balaban J connectivity index is 2.07. The van der Waals surface area contributed by atoms with E-state index in [-0.39, 0.29) is 22.7 Å². The zero-order valence-corrected chi connectivity index (χ0v) is 17.5. The van der Waals surface area contributed by atoms with E-state index < -0.39 is 5.92 Å². The van der Waals surface area contributed by atoms with Crippen molar-refractivity contribution in [2.45, 2.75) is 32.6 Å². The van der Waals surface area contributed by atoms with Crippen LogP contribution in [0.4, 0.5) is 0 Å². The third kappa shape index (κ3) is 3.07. The fraction of sp³-hybridized carbons (Fsp3) is 0.333. The third-order valence-electron chi connectivity index (χ3n) is 5.81. The van der Waals surface area contributed by atoms with Gasteiger partial charge < -0.3 is 19.9 Å². The van der Waals surface area contributed by atoms with Gasteiger partial charge in [0, 0.05) is 24.0 Å². The van der Waals surface area contributed by atoms with Crippen LogP contribution in [0.2, 0.25) is 0 Å². The second kappa shape index (κ2) is 7.10. The predicted octanol–water partition coefficient (Wildman–Crippen LogP) is 4.31. The van der Waals surface area contributed by atoms with Gasteiger partial charge in [-0.1, -0.05) is 26.0 Å². The Morgan fingerprint density at radius 1 is 1.17 bits per heavy atom. The van der Waals surface area contributed by atoms with Crippen LogP contribution in [0.3, 0.4) is 0 Å². The number of rotatable bonds is 3. The molecule has 0 aromatic heterocycles. The molecule has 1 aliphatic heterocycles.